The molecule has 0 aromatic carbocycles. The van der Waals surface area contributed by atoms with E-state index in [0.717, 1.165) is 98.1 Å². The summed E-state index contributed by atoms with van der Waals surface area (Å²) in [5, 5.41) is 0. The lowest BCUT2D eigenvalue weighted by Crippen LogP contribution is -2.50. The van der Waals surface area contributed by atoms with Crippen LogP contribution in [-0.4, -0.2) is 389 Å². The minimum atomic E-state index is -0.895. The molecule has 0 aromatic rings. The van der Waals surface area contributed by atoms with Crippen molar-refractivity contribution in [1.29, 1.82) is 0 Å². The Labute approximate surface area is 720 Å². The van der Waals surface area contributed by atoms with Gasteiger partial charge in [0.15, 0.2) is 0 Å². The molecule has 3 atom stereocenters. The molecule has 114 heavy (non-hydrogen) atoms. The van der Waals surface area contributed by atoms with Crippen molar-refractivity contribution in [3.63, 3.8) is 0 Å². The molecule has 17 heteroatoms. The largest absolute Gasteiger partial charge is 0.383 e. The van der Waals surface area contributed by atoms with Crippen LogP contribution < -0.4 is 0 Å². The van der Waals surface area contributed by atoms with Gasteiger partial charge in [-0.3, -0.25) is 4.90 Å². The molecule has 9 fully saturated rings. The zero-order chi connectivity index (χ0) is 81.2. The summed E-state index contributed by atoms with van der Waals surface area (Å²) >= 11 is 0. The van der Waals surface area contributed by atoms with Gasteiger partial charge in [-0.2, -0.15) is 0 Å². The third-order valence-electron chi connectivity index (χ3n) is 22.8. The molecule has 0 saturated carbocycles. The van der Waals surface area contributed by atoms with E-state index in [4.69, 9.17) is 4.74 Å². The second-order valence-electron chi connectivity index (χ2n) is 39.3. The van der Waals surface area contributed by atoms with E-state index in [1.165, 1.54) is 280 Å². The number of alkyl halides is 1. The Balaban J connectivity index is -0.000000286. The van der Waals surface area contributed by atoms with Crippen molar-refractivity contribution in [3.8, 4) is 0 Å². The number of piperazine rings is 5. The minimum Gasteiger partial charge on any atom is -0.383 e. The van der Waals surface area contributed by atoms with Crippen LogP contribution in [0.15, 0.2) is 0 Å². The summed E-state index contributed by atoms with van der Waals surface area (Å²) in [5.74, 6) is 8.31. The summed E-state index contributed by atoms with van der Waals surface area (Å²) in [7, 11) is 12.8. The SMILES string of the molecule is C.C.C.C.C.C.CC(C)CC1CCCN(C)CC1.CC(C)CN1CCC(C)(F)CC1.CC(C)CN1CCC(N(C)C)C1.CC(C)CN1CCCCC1.CC(C)CN1CCN(C)C(C)C1.CC(C)CN1CCN(C)CC1.CCCN1CCN(CC(C)C)CC1.CCN1CCN(CC(C)C)CC1.COCCN1CCN(CC(C)C)CC1. The number of likely N-dealkylation sites (tertiary alicyclic amines) is 4. The molecular weight excluding hydrogens is 1410 g/mol. The van der Waals surface area contributed by atoms with Crippen LogP contribution in [0.5, 0.6) is 0 Å². The molecule has 0 spiro atoms. The molecule has 0 bridgehead atoms. The van der Waals surface area contributed by atoms with Crippen LogP contribution in [-0.2, 0) is 4.74 Å². The molecule has 9 aliphatic heterocycles. The highest BCUT2D eigenvalue weighted by molar-refractivity contribution is 4.84. The van der Waals surface area contributed by atoms with E-state index in [-0.39, 0.29) is 44.6 Å². The average molecular weight is 1630 g/mol. The van der Waals surface area contributed by atoms with Crippen LogP contribution in [0.3, 0.4) is 0 Å². The van der Waals surface area contributed by atoms with E-state index in [9.17, 15) is 4.39 Å². The number of methoxy groups -OCH3 is 1. The summed E-state index contributed by atoms with van der Waals surface area (Å²) in [6.07, 6.45) is 14.1. The average Bonchev–Trinajstić information content (AvgIpc) is 1.48. The van der Waals surface area contributed by atoms with Crippen molar-refractivity contribution in [1.82, 2.24) is 73.5 Å². The van der Waals surface area contributed by atoms with Crippen molar-refractivity contribution >= 4 is 0 Å². The summed E-state index contributed by atoms with van der Waals surface area (Å²) in [6, 6.07) is 1.53. The Bertz CT molecular complexity index is 1950. The highest BCUT2D eigenvalue weighted by Crippen LogP contribution is 2.27. The van der Waals surface area contributed by atoms with Crippen LogP contribution in [0.1, 0.15) is 268 Å². The highest BCUT2D eigenvalue weighted by atomic mass is 19.1. The molecule has 9 saturated heterocycles. The lowest BCUT2D eigenvalue weighted by Gasteiger charge is -2.38. The lowest BCUT2D eigenvalue weighted by atomic mass is 9.91. The van der Waals surface area contributed by atoms with Crippen molar-refractivity contribution in [2.75, 3.05) is 298 Å². The number of likely N-dealkylation sites (N-methyl/N-ethyl adjacent to an activating group) is 4. The zero-order valence-electron chi connectivity index (χ0n) is 78.3. The first-order valence-electron chi connectivity index (χ1n) is 45.9. The minimum absolute atomic E-state index is 0. The molecule has 0 amide bonds. The second kappa shape index (κ2) is 73.8. The Morgan fingerprint density at radius 1 is 0.351 bits per heavy atom. The van der Waals surface area contributed by atoms with Gasteiger partial charge in [-0.1, -0.05) is 189 Å². The fraction of sp³-hybridized carbons (Fsp3) is 1.00. The maximum atomic E-state index is 13.4. The smallest absolute Gasteiger partial charge is 0.110 e. The van der Waals surface area contributed by atoms with Crippen LogP contribution in [0.25, 0.3) is 0 Å². The standard InChI is InChI=1S/C11H24N2O.C11H24N2.C11H23N.C10H20FN.3C10H22N2.C9H20N2.C9H19N.6CH4/c1-11(2)10-13-6-4-12(5-7-13)8-9-14-3;1-4-5-12-6-8-13(9-7-12)10-11(2)3;1-10(2)9-11-5-4-7-12(3)8-6-11;1-9(2)8-12-6-4-10(3,11)5-7-12;1-9(2)7-12-6-5-10(8-12)11(3)4;1-9(2)7-12-6-5-11(4)10(3)8-12;1-4-11-5-7-12(8-6-11)9-10(2)3;1-9(2)8-11-6-4-10(3)5-7-11;1-9(2)8-10-6-4-3-5-7-10;;;;;;/h11H,4-10H2,1-3H3;11H,4-10H2,1-3H3;10-11H,4-9H2,1-3H3;9H,4-8H2,1-3H3;2*9-10H,5-8H2,1-4H3;10H,4-9H2,1-3H3;9H,4-8H2,1-3H3;9H,3-8H2,1-2H3;6*1H4. The van der Waals surface area contributed by atoms with Crippen LogP contribution in [0, 0.1) is 59.2 Å². The van der Waals surface area contributed by atoms with Crippen LogP contribution >= 0.6 is 0 Å². The second-order valence-corrected chi connectivity index (χ2v) is 39.3. The number of piperidine rings is 2. The summed E-state index contributed by atoms with van der Waals surface area (Å²) in [6.45, 7) is 97.8. The number of hydrogen-bond donors (Lipinski definition) is 0. The first kappa shape index (κ1) is 124. The first-order chi connectivity index (χ1) is 51.0. The van der Waals surface area contributed by atoms with Gasteiger partial charge >= 0.3 is 0 Å². The van der Waals surface area contributed by atoms with Gasteiger partial charge in [0, 0.05) is 222 Å². The molecule has 9 aliphatic rings. The number of rotatable bonds is 25. The van der Waals surface area contributed by atoms with Crippen molar-refractivity contribution < 1.29 is 9.13 Å². The molecule has 9 rings (SSSR count). The molecular formula is C97H220FN15O. The maximum Gasteiger partial charge on any atom is 0.110 e. The molecule has 0 aromatic heterocycles. The summed E-state index contributed by atoms with van der Waals surface area (Å²) in [4.78, 5) is 37.7. The predicted octanol–water partition coefficient (Wildman–Crippen LogP) is 18.5. The fourth-order valence-electron chi connectivity index (χ4n) is 16.6. The topological polar surface area (TPSA) is 57.8 Å². The molecule has 0 N–H and O–H groups in total. The van der Waals surface area contributed by atoms with Gasteiger partial charge in [0.2, 0.25) is 0 Å². The van der Waals surface area contributed by atoms with Crippen molar-refractivity contribution in [3.05, 3.63) is 0 Å². The van der Waals surface area contributed by atoms with Crippen LogP contribution in [0.2, 0.25) is 0 Å². The molecule has 3 unspecified atom stereocenters. The monoisotopic (exact) mass is 1630 g/mol. The predicted molar refractivity (Wildman–Crippen MR) is 516 cm³/mol. The van der Waals surface area contributed by atoms with Gasteiger partial charge in [-0.15, -0.1) is 0 Å². The number of hydrogen-bond acceptors (Lipinski definition) is 16. The van der Waals surface area contributed by atoms with E-state index >= 15 is 0 Å². The fourth-order valence-corrected chi connectivity index (χ4v) is 16.6. The van der Waals surface area contributed by atoms with E-state index in [0.29, 0.717) is 18.8 Å². The van der Waals surface area contributed by atoms with Gasteiger partial charge in [-0.25, -0.2) is 4.39 Å². The number of ether oxygens (including phenoxy) is 1. The molecule has 9 heterocycles. The van der Waals surface area contributed by atoms with Crippen LogP contribution in [0.4, 0.5) is 4.39 Å². The van der Waals surface area contributed by atoms with Gasteiger partial charge < -0.3 is 73.3 Å². The number of halogens is 1. The van der Waals surface area contributed by atoms with Gasteiger partial charge in [0.25, 0.3) is 0 Å². The Morgan fingerprint density at radius 2 is 0.684 bits per heavy atom. The summed E-state index contributed by atoms with van der Waals surface area (Å²) < 4.78 is 18.4. The first-order valence-corrected chi connectivity index (χ1v) is 45.9. The van der Waals surface area contributed by atoms with Gasteiger partial charge in [0.1, 0.15) is 5.67 Å². The van der Waals surface area contributed by atoms with Crippen molar-refractivity contribution in [2.45, 2.75) is 285 Å². The number of nitrogens with zero attached hydrogens (tertiary/aromatic N) is 15. The normalized spacial score (nSPS) is 22.6. The molecule has 0 aliphatic carbocycles. The maximum absolute atomic E-state index is 13.4. The van der Waals surface area contributed by atoms with E-state index in [1.807, 2.05) is 0 Å². The zero-order valence-corrected chi connectivity index (χ0v) is 78.3. The molecule has 16 nitrogen and oxygen atoms in total. The van der Waals surface area contributed by atoms with Crippen molar-refractivity contribution in [2.24, 2.45) is 59.2 Å². The van der Waals surface area contributed by atoms with Gasteiger partial charge in [0.05, 0.1) is 6.61 Å². The Kier molecular flexibility index (Phi) is 80.3. The summed E-state index contributed by atoms with van der Waals surface area (Å²) in [5.41, 5.74) is -0.895. The van der Waals surface area contributed by atoms with Gasteiger partial charge in [-0.05, 0) is 218 Å². The van der Waals surface area contributed by atoms with E-state index < -0.39 is 5.67 Å². The highest BCUT2D eigenvalue weighted by Gasteiger charge is 2.30. The van der Waals surface area contributed by atoms with E-state index in [1.54, 1.807) is 14.0 Å². The van der Waals surface area contributed by atoms with E-state index in [2.05, 4.69) is 254 Å². The molecule has 696 valence electrons. The lowest BCUT2D eigenvalue weighted by molar-refractivity contribution is 0.0684. The quantitative estimate of drug-likeness (QED) is 0.0871. The Hall–Kier alpha value is -0.710. The third-order valence-corrected chi connectivity index (χ3v) is 22.8. The third kappa shape index (κ3) is 67.8. The molecule has 0 radical (unpaired) electrons. The Morgan fingerprint density at radius 3 is 1.04 bits per heavy atom.